The molecule has 0 aromatic heterocycles. The number of hydrogen-bond donors (Lipinski definition) is 3. The zero-order chi connectivity index (χ0) is 40.4. The molecule has 0 aliphatic rings. The SMILES string of the molecule is CCN(CCNC(=O)c1cc(OCCCNC(=O)OC(C)(C)C)cc(OCCCNC(=O)OC(C)(C)C)c1)c1ccc(N=Nc2ccc([N+](=O)[O-])cc2)cc1. The highest BCUT2D eigenvalue weighted by atomic mass is 16.6. The molecule has 0 bridgehead atoms. The summed E-state index contributed by atoms with van der Waals surface area (Å²) < 4.78 is 22.4. The molecule has 16 heteroatoms. The second kappa shape index (κ2) is 21.1. The van der Waals surface area contributed by atoms with E-state index in [0.29, 0.717) is 74.0 Å². The van der Waals surface area contributed by atoms with Gasteiger partial charge in [-0.3, -0.25) is 14.9 Å². The second-order valence-corrected chi connectivity index (χ2v) is 14.3. The topological polar surface area (TPSA) is 195 Å². The zero-order valence-corrected chi connectivity index (χ0v) is 32.7. The quantitative estimate of drug-likeness (QED) is 0.0468. The first kappa shape index (κ1) is 43.5. The summed E-state index contributed by atoms with van der Waals surface area (Å²) in [6.07, 6.45) is -0.0212. The molecule has 298 valence electrons. The standard InChI is InChI=1S/C39H53N7O9/c1-8-45(31-15-11-29(12-16-31)43-44-30-13-17-32(18-14-30)46(50)51)22-21-40-35(47)28-25-33(52-23-9-19-41-36(48)54-38(2,3)4)27-34(26-28)53-24-10-20-42-37(49)55-39(5,6)7/h11-18,25-27H,8-10,19-24H2,1-7H3,(H,40,47)(H,41,48)(H,42,49). The Balaban J connectivity index is 1.57. The summed E-state index contributed by atoms with van der Waals surface area (Å²) in [5.41, 5.74) is 1.17. The van der Waals surface area contributed by atoms with Gasteiger partial charge < -0.3 is 39.8 Å². The minimum atomic E-state index is -0.598. The number of carbonyl (C=O) groups excluding carboxylic acids is 3. The number of nitrogens with one attached hydrogen (secondary N) is 3. The van der Waals surface area contributed by atoms with Gasteiger partial charge in [0.15, 0.2) is 0 Å². The van der Waals surface area contributed by atoms with Crippen molar-refractivity contribution in [3.05, 3.63) is 82.4 Å². The molecule has 16 nitrogen and oxygen atoms in total. The molecule has 0 aliphatic carbocycles. The maximum absolute atomic E-state index is 13.4. The number of nitrogens with zero attached hydrogens (tertiary/aromatic N) is 4. The highest BCUT2D eigenvalue weighted by Gasteiger charge is 2.17. The first-order chi connectivity index (χ1) is 26.0. The summed E-state index contributed by atoms with van der Waals surface area (Å²) in [4.78, 5) is 49.7. The van der Waals surface area contributed by atoms with Gasteiger partial charge in [0.05, 0.1) is 29.5 Å². The highest BCUT2D eigenvalue weighted by molar-refractivity contribution is 5.95. The van der Waals surface area contributed by atoms with Gasteiger partial charge in [-0.05, 0) is 110 Å². The van der Waals surface area contributed by atoms with E-state index in [0.717, 1.165) is 5.69 Å². The van der Waals surface area contributed by atoms with Gasteiger partial charge in [0.2, 0.25) is 0 Å². The molecule has 0 fully saturated rings. The normalized spacial score (nSPS) is 11.4. The highest BCUT2D eigenvalue weighted by Crippen LogP contribution is 2.25. The Morgan fingerprint density at radius 1 is 0.709 bits per heavy atom. The number of ether oxygens (including phenoxy) is 4. The molecule has 0 atom stereocenters. The molecule has 3 rings (SSSR count). The molecule has 0 spiro atoms. The Kier molecular flexibility index (Phi) is 16.7. The average Bonchev–Trinajstić information content (AvgIpc) is 3.11. The molecular weight excluding hydrogens is 710 g/mol. The van der Waals surface area contributed by atoms with E-state index >= 15 is 0 Å². The van der Waals surface area contributed by atoms with Crippen molar-refractivity contribution in [1.82, 2.24) is 16.0 Å². The van der Waals surface area contributed by atoms with Crippen LogP contribution >= 0.6 is 0 Å². The lowest BCUT2D eigenvalue weighted by atomic mass is 10.2. The molecule has 3 aromatic rings. The van der Waals surface area contributed by atoms with Crippen LogP contribution in [0.3, 0.4) is 0 Å². The fourth-order valence-electron chi connectivity index (χ4n) is 4.77. The van der Waals surface area contributed by atoms with Gasteiger partial charge in [-0.15, -0.1) is 0 Å². The van der Waals surface area contributed by atoms with E-state index in [1.807, 2.05) is 31.2 Å². The van der Waals surface area contributed by atoms with Crippen molar-refractivity contribution in [2.45, 2.75) is 72.5 Å². The lowest BCUT2D eigenvalue weighted by Crippen LogP contribution is -2.35. The third kappa shape index (κ3) is 17.2. The molecule has 3 amide bonds. The van der Waals surface area contributed by atoms with Crippen LogP contribution in [0, 0.1) is 10.1 Å². The summed E-state index contributed by atoms with van der Waals surface area (Å²) >= 11 is 0. The summed E-state index contributed by atoms with van der Waals surface area (Å²) in [7, 11) is 0. The maximum Gasteiger partial charge on any atom is 0.407 e. The Labute approximate surface area is 322 Å². The Bertz CT molecular complexity index is 1680. The first-order valence-electron chi connectivity index (χ1n) is 18.1. The minimum Gasteiger partial charge on any atom is -0.493 e. The van der Waals surface area contributed by atoms with Crippen LogP contribution < -0.4 is 30.3 Å². The van der Waals surface area contributed by atoms with Crippen LogP contribution in [0.4, 0.5) is 32.3 Å². The molecule has 0 saturated carbocycles. The van der Waals surface area contributed by atoms with Crippen molar-refractivity contribution in [2.24, 2.45) is 10.2 Å². The molecule has 0 radical (unpaired) electrons. The lowest BCUT2D eigenvalue weighted by molar-refractivity contribution is -0.384. The van der Waals surface area contributed by atoms with Gasteiger partial charge in [0.1, 0.15) is 22.7 Å². The van der Waals surface area contributed by atoms with E-state index < -0.39 is 28.3 Å². The Morgan fingerprint density at radius 3 is 1.62 bits per heavy atom. The van der Waals surface area contributed by atoms with Crippen molar-refractivity contribution in [1.29, 1.82) is 0 Å². The van der Waals surface area contributed by atoms with Crippen molar-refractivity contribution in [2.75, 3.05) is 50.8 Å². The number of alkyl carbamates (subject to hydrolysis) is 2. The molecule has 55 heavy (non-hydrogen) atoms. The first-order valence-corrected chi connectivity index (χ1v) is 18.1. The van der Waals surface area contributed by atoms with Crippen LogP contribution in [0.2, 0.25) is 0 Å². The Hall–Kier alpha value is -5.93. The number of benzene rings is 3. The van der Waals surface area contributed by atoms with Crippen LogP contribution in [0.15, 0.2) is 77.0 Å². The number of amides is 3. The van der Waals surface area contributed by atoms with Gasteiger partial charge >= 0.3 is 12.2 Å². The molecular formula is C39H53N7O9. The van der Waals surface area contributed by atoms with Crippen molar-refractivity contribution < 1.29 is 38.3 Å². The van der Waals surface area contributed by atoms with Crippen molar-refractivity contribution in [3.63, 3.8) is 0 Å². The smallest absolute Gasteiger partial charge is 0.407 e. The predicted molar refractivity (Wildman–Crippen MR) is 209 cm³/mol. The lowest BCUT2D eigenvalue weighted by Gasteiger charge is -2.23. The van der Waals surface area contributed by atoms with E-state index in [1.165, 1.54) is 24.3 Å². The van der Waals surface area contributed by atoms with Crippen molar-refractivity contribution >= 4 is 40.8 Å². The average molecular weight is 764 g/mol. The number of nitro groups is 1. The number of non-ortho nitro benzene ring substituents is 1. The minimum absolute atomic E-state index is 0.0168. The zero-order valence-electron chi connectivity index (χ0n) is 32.7. The third-order valence-corrected chi connectivity index (χ3v) is 7.26. The number of anilines is 1. The number of azo groups is 1. The summed E-state index contributed by atoms with van der Waals surface area (Å²) in [5, 5.41) is 27.6. The number of likely N-dealkylation sites (N-methyl/N-ethyl adjacent to an activating group) is 1. The summed E-state index contributed by atoms with van der Waals surface area (Å²) in [6.45, 7) is 15.5. The van der Waals surface area contributed by atoms with Gasteiger partial charge in [0.25, 0.3) is 11.6 Å². The molecule has 3 aromatic carbocycles. The van der Waals surface area contributed by atoms with Crippen molar-refractivity contribution in [3.8, 4) is 11.5 Å². The molecule has 0 heterocycles. The fourth-order valence-corrected chi connectivity index (χ4v) is 4.77. The van der Waals surface area contributed by atoms with Gasteiger partial charge in [-0.25, -0.2) is 9.59 Å². The molecule has 0 aliphatic heterocycles. The van der Waals surface area contributed by atoms with Crippen LogP contribution in [-0.4, -0.2) is 80.2 Å². The van der Waals surface area contributed by atoms with Crippen LogP contribution in [0.25, 0.3) is 0 Å². The monoisotopic (exact) mass is 763 g/mol. The number of hydrogen-bond acceptors (Lipinski definition) is 12. The van der Waals surface area contributed by atoms with E-state index in [-0.39, 0.29) is 24.8 Å². The fraction of sp³-hybridized carbons (Fsp3) is 0.462. The van der Waals surface area contributed by atoms with E-state index in [9.17, 15) is 24.5 Å². The largest absolute Gasteiger partial charge is 0.493 e. The number of nitro benzene ring substituents is 1. The molecule has 0 saturated heterocycles. The number of rotatable bonds is 19. The third-order valence-electron chi connectivity index (χ3n) is 7.26. The second-order valence-electron chi connectivity index (χ2n) is 14.3. The molecule has 3 N–H and O–H groups in total. The maximum atomic E-state index is 13.4. The predicted octanol–water partition coefficient (Wildman–Crippen LogP) is 7.85. The van der Waals surface area contributed by atoms with E-state index in [2.05, 4.69) is 31.1 Å². The van der Waals surface area contributed by atoms with Gasteiger partial charge in [-0.2, -0.15) is 10.2 Å². The van der Waals surface area contributed by atoms with E-state index in [1.54, 1.807) is 59.7 Å². The Morgan fingerprint density at radius 2 is 1.18 bits per heavy atom. The summed E-state index contributed by atoms with van der Waals surface area (Å²) in [5.74, 6) is 0.534. The van der Waals surface area contributed by atoms with E-state index in [4.69, 9.17) is 18.9 Å². The van der Waals surface area contributed by atoms with Gasteiger partial charge in [0, 0.05) is 62.2 Å². The van der Waals surface area contributed by atoms with Crippen LogP contribution in [0.5, 0.6) is 11.5 Å². The van der Waals surface area contributed by atoms with Gasteiger partial charge in [-0.1, -0.05) is 0 Å². The molecule has 0 unspecified atom stereocenters. The van der Waals surface area contributed by atoms with Crippen LogP contribution in [0.1, 0.15) is 71.7 Å². The number of carbonyl (C=O) groups is 3. The van der Waals surface area contributed by atoms with Crippen LogP contribution in [-0.2, 0) is 9.47 Å². The summed E-state index contributed by atoms with van der Waals surface area (Å²) in [6, 6.07) is 18.2.